The maximum atomic E-state index is 13.3. The third-order valence-corrected chi connectivity index (χ3v) is 2.12. The Morgan fingerprint density at radius 2 is 2.38 bits per heavy atom. The van der Waals surface area contributed by atoms with Gasteiger partial charge in [0, 0.05) is 6.07 Å². The van der Waals surface area contributed by atoms with Gasteiger partial charge < -0.3 is 4.74 Å². The topological polar surface area (TPSA) is 21.6 Å². The Morgan fingerprint density at radius 3 is 3.00 bits per heavy atom. The molecule has 0 saturated heterocycles. The van der Waals surface area contributed by atoms with Gasteiger partial charge >= 0.3 is 0 Å². The van der Waals surface area contributed by atoms with Crippen molar-refractivity contribution in [3.8, 4) is 5.75 Å². The molecule has 0 atom stereocenters. The third kappa shape index (κ3) is 3.42. The fourth-order valence-corrected chi connectivity index (χ4v) is 1.30. The van der Waals surface area contributed by atoms with Crippen molar-refractivity contribution in [2.24, 2.45) is 4.99 Å². The molecule has 0 aliphatic heterocycles. The maximum Gasteiger partial charge on any atom is 0.151 e. The number of halogens is 2. The predicted molar refractivity (Wildman–Crippen MR) is 66.4 cm³/mol. The van der Waals surface area contributed by atoms with Gasteiger partial charge in [-0.05, 0) is 25.2 Å². The van der Waals surface area contributed by atoms with Crippen LogP contribution < -0.4 is 4.74 Å². The van der Waals surface area contributed by atoms with Crippen LogP contribution in [0.2, 0.25) is 5.02 Å². The van der Waals surface area contributed by atoms with Gasteiger partial charge in [0.05, 0.1) is 10.2 Å². The van der Waals surface area contributed by atoms with Gasteiger partial charge in [-0.1, -0.05) is 23.8 Å². The second-order valence-electron chi connectivity index (χ2n) is 2.82. The molecule has 0 aliphatic carbocycles. The van der Waals surface area contributed by atoms with E-state index in [2.05, 4.69) is 22.4 Å². The van der Waals surface area contributed by atoms with E-state index in [9.17, 15) is 4.39 Å². The minimum absolute atomic E-state index is 0.0647. The molecule has 0 aliphatic rings. The molecule has 0 fully saturated rings. The molecule has 0 heterocycles. The number of benzene rings is 1. The smallest absolute Gasteiger partial charge is 0.151 e. The molecule has 1 rings (SSSR count). The third-order valence-electron chi connectivity index (χ3n) is 1.74. The van der Waals surface area contributed by atoms with Crippen LogP contribution >= 0.6 is 23.8 Å². The summed E-state index contributed by atoms with van der Waals surface area (Å²) in [5, 5.41) is 2.29. The summed E-state index contributed by atoms with van der Waals surface area (Å²) < 4.78 is 18.6. The predicted octanol–water partition coefficient (Wildman–Crippen LogP) is 4.17. The Balaban J connectivity index is 2.99. The summed E-state index contributed by atoms with van der Waals surface area (Å²) in [4.78, 5) is 3.57. The number of thiocarbonyl (C=S) groups is 1. The number of rotatable bonds is 4. The van der Waals surface area contributed by atoms with E-state index in [-0.39, 0.29) is 10.7 Å². The Labute approximate surface area is 103 Å². The summed E-state index contributed by atoms with van der Waals surface area (Å²) in [6, 6.07) is 2.53. The van der Waals surface area contributed by atoms with Crippen LogP contribution in [0, 0.1) is 5.82 Å². The van der Waals surface area contributed by atoms with Crippen LogP contribution in [-0.4, -0.2) is 11.8 Å². The molecule has 2 nitrogen and oxygen atoms in total. The van der Waals surface area contributed by atoms with Gasteiger partial charge in [0.2, 0.25) is 0 Å². The first-order chi connectivity index (χ1) is 7.69. The van der Waals surface area contributed by atoms with E-state index in [1.807, 2.05) is 19.1 Å². The summed E-state index contributed by atoms with van der Waals surface area (Å²) in [6.07, 6.45) is 3.65. The normalized spacial score (nSPS) is 10.2. The van der Waals surface area contributed by atoms with Crippen LogP contribution in [0.25, 0.3) is 0 Å². The lowest BCUT2D eigenvalue weighted by Gasteiger charge is -2.06. The number of isothiocyanates is 1. The molecule has 16 heavy (non-hydrogen) atoms. The van der Waals surface area contributed by atoms with E-state index in [4.69, 9.17) is 16.3 Å². The fourth-order valence-electron chi connectivity index (χ4n) is 0.998. The lowest BCUT2D eigenvalue weighted by molar-refractivity contribution is 0.362. The minimum atomic E-state index is -0.555. The fraction of sp³-hybridized carbons (Fsp3) is 0.182. The number of hydrogen-bond acceptors (Lipinski definition) is 3. The second kappa shape index (κ2) is 6.38. The first-order valence-electron chi connectivity index (χ1n) is 4.50. The van der Waals surface area contributed by atoms with E-state index in [1.165, 1.54) is 6.07 Å². The molecule has 5 heteroatoms. The largest absolute Gasteiger partial charge is 0.488 e. The summed E-state index contributed by atoms with van der Waals surface area (Å²) in [6.45, 7) is 2.24. The molecular weight excluding hydrogens is 249 g/mol. The molecule has 0 saturated carbocycles. The Morgan fingerprint density at radius 1 is 1.62 bits per heavy atom. The molecule has 0 spiro atoms. The molecule has 1 aromatic rings. The average Bonchev–Trinajstić information content (AvgIpc) is 2.25. The van der Waals surface area contributed by atoms with Gasteiger partial charge in [-0.15, -0.1) is 0 Å². The average molecular weight is 258 g/mol. The van der Waals surface area contributed by atoms with Crippen molar-refractivity contribution in [1.82, 2.24) is 0 Å². The molecule has 0 bridgehead atoms. The summed E-state index contributed by atoms with van der Waals surface area (Å²) >= 11 is 10.2. The molecular formula is C11H9ClFNOS. The van der Waals surface area contributed by atoms with Gasteiger partial charge in [-0.25, -0.2) is 4.39 Å². The van der Waals surface area contributed by atoms with E-state index in [0.29, 0.717) is 12.4 Å². The SMILES string of the molecule is C/C=C/COc1cc(N=C=S)c(F)cc1Cl. The van der Waals surface area contributed by atoms with Crippen molar-refractivity contribution in [3.05, 3.63) is 35.1 Å². The molecule has 0 radical (unpaired) electrons. The van der Waals surface area contributed by atoms with Crippen molar-refractivity contribution in [2.75, 3.05) is 6.61 Å². The van der Waals surface area contributed by atoms with Crippen molar-refractivity contribution < 1.29 is 9.13 Å². The standard InChI is InChI=1S/C11H9ClFNOS/c1-2-3-4-15-11-6-10(14-7-16)9(13)5-8(11)12/h2-3,5-6H,4H2,1H3/b3-2+. The second-order valence-corrected chi connectivity index (χ2v) is 3.41. The zero-order valence-corrected chi connectivity index (χ0v) is 10.1. The highest BCUT2D eigenvalue weighted by atomic mass is 35.5. The Hall–Kier alpha value is -1.22. The van der Waals surface area contributed by atoms with Crippen LogP contribution in [0.1, 0.15) is 6.92 Å². The highest BCUT2D eigenvalue weighted by Gasteiger charge is 2.08. The maximum absolute atomic E-state index is 13.3. The quantitative estimate of drug-likeness (QED) is 0.459. The minimum Gasteiger partial charge on any atom is -0.488 e. The van der Waals surface area contributed by atoms with Crippen molar-refractivity contribution in [1.29, 1.82) is 0 Å². The molecule has 1 aromatic carbocycles. The number of ether oxygens (including phenoxy) is 1. The van der Waals surface area contributed by atoms with Crippen molar-refractivity contribution in [3.63, 3.8) is 0 Å². The highest BCUT2D eigenvalue weighted by Crippen LogP contribution is 2.31. The van der Waals surface area contributed by atoms with Crippen LogP contribution in [0.3, 0.4) is 0 Å². The number of nitrogens with zero attached hydrogens (tertiary/aromatic N) is 1. The van der Waals surface area contributed by atoms with Crippen molar-refractivity contribution >= 4 is 34.7 Å². The first-order valence-corrected chi connectivity index (χ1v) is 5.28. The van der Waals surface area contributed by atoms with Crippen LogP contribution in [0.5, 0.6) is 5.75 Å². The zero-order valence-electron chi connectivity index (χ0n) is 8.54. The van der Waals surface area contributed by atoms with Crippen LogP contribution in [0.15, 0.2) is 29.3 Å². The summed E-state index contributed by atoms with van der Waals surface area (Å²) in [7, 11) is 0. The van der Waals surface area contributed by atoms with Crippen LogP contribution in [-0.2, 0) is 0 Å². The monoisotopic (exact) mass is 257 g/mol. The first kappa shape index (κ1) is 12.8. The van der Waals surface area contributed by atoms with E-state index < -0.39 is 5.82 Å². The highest BCUT2D eigenvalue weighted by molar-refractivity contribution is 7.78. The lowest BCUT2D eigenvalue weighted by Crippen LogP contribution is -1.94. The van der Waals surface area contributed by atoms with Crippen LogP contribution in [0.4, 0.5) is 10.1 Å². The van der Waals surface area contributed by atoms with Gasteiger partial charge in [-0.3, -0.25) is 0 Å². The van der Waals surface area contributed by atoms with E-state index in [0.717, 1.165) is 6.07 Å². The molecule has 0 unspecified atom stereocenters. The molecule has 0 aromatic heterocycles. The van der Waals surface area contributed by atoms with E-state index in [1.54, 1.807) is 0 Å². The van der Waals surface area contributed by atoms with E-state index >= 15 is 0 Å². The van der Waals surface area contributed by atoms with Gasteiger partial charge in [0.15, 0.2) is 5.82 Å². The van der Waals surface area contributed by atoms with Gasteiger partial charge in [0.1, 0.15) is 18.0 Å². The lowest BCUT2D eigenvalue weighted by atomic mass is 10.3. The summed E-state index contributed by atoms with van der Waals surface area (Å²) in [5.74, 6) is -0.189. The van der Waals surface area contributed by atoms with Gasteiger partial charge in [0.25, 0.3) is 0 Å². The summed E-state index contributed by atoms with van der Waals surface area (Å²) in [5.41, 5.74) is 0.0647. The molecule has 0 N–H and O–H groups in total. The zero-order chi connectivity index (χ0) is 12.0. The Bertz CT molecular complexity index is 456. The molecule has 84 valence electrons. The Kier molecular flexibility index (Phi) is 5.12. The number of aliphatic imine (C=N–C) groups is 1. The molecule has 0 amide bonds. The number of allylic oxidation sites excluding steroid dienone is 1. The van der Waals surface area contributed by atoms with Gasteiger partial charge in [-0.2, -0.15) is 4.99 Å². The number of hydrogen-bond donors (Lipinski definition) is 0. The van der Waals surface area contributed by atoms with Crippen molar-refractivity contribution in [2.45, 2.75) is 6.92 Å².